The molecule has 5 heteroatoms. The fourth-order valence-corrected chi connectivity index (χ4v) is 1.90. The number of para-hydroxylation sites is 1. The molecule has 0 atom stereocenters. The molecule has 1 aromatic carbocycles. The zero-order chi connectivity index (χ0) is 11.4. The second kappa shape index (κ2) is 6.37. The van der Waals surface area contributed by atoms with Gasteiger partial charge in [0, 0.05) is 31.3 Å². The molecule has 0 unspecified atom stereocenters. The highest BCUT2D eigenvalue weighted by atomic mass is 35.5. The minimum atomic E-state index is -0.310. The maximum atomic E-state index is 10.8. The summed E-state index contributed by atoms with van der Waals surface area (Å²) in [6, 6.07) is 6.95. The maximum Gasteiger partial charge on any atom is 0.273 e. The summed E-state index contributed by atoms with van der Waals surface area (Å²) in [5.74, 6) is 0. The van der Waals surface area contributed by atoms with Gasteiger partial charge in [-0.3, -0.25) is 15.0 Å². The highest BCUT2D eigenvalue weighted by Crippen LogP contribution is 2.20. The molecule has 17 heavy (non-hydrogen) atoms. The van der Waals surface area contributed by atoms with Crippen molar-refractivity contribution in [2.75, 3.05) is 13.1 Å². The van der Waals surface area contributed by atoms with Crippen molar-refractivity contribution < 1.29 is 4.92 Å². The molecule has 1 aliphatic heterocycles. The molecule has 0 saturated heterocycles. The van der Waals surface area contributed by atoms with Gasteiger partial charge in [-0.05, 0) is 6.42 Å². The van der Waals surface area contributed by atoms with Crippen molar-refractivity contribution in [2.24, 2.45) is 0 Å². The van der Waals surface area contributed by atoms with E-state index in [4.69, 9.17) is 0 Å². The van der Waals surface area contributed by atoms with Gasteiger partial charge in [-0.25, -0.2) is 0 Å². The minimum absolute atomic E-state index is 0. The van der Waals surface area contributed by atoms with E-state index in [1.165, 1.54) is 0 Å². The lowest BCUT2D eigenvalue weighted by Crippen LogP contribution is -2.26. The Kier molecular flexibility index (Phi) is 5.12. The van der Waals surface area contributed by atoms with E-state index in [0.717, 1.165) is 25.1 Å². The first-order valence-electron chi connectivity index (χ1n) is 5.37. The second-order valence-electron chi connectivity index (χ2n) is 3.88. The van der Waals surface area contributed by atoms with Crippen LogP contribution < -0.4 is 0 Å². The van der Waals surface area contributed by atoms with Crippen molar-refractivity contribution >= 4 is 18.1 Å². The Labute approximate surface area is 106 Å². The summed E-state index contributed by atoms with van der Waals surface area (Å²) >= 11 is 0. The molecule has 1 aromatic rings. The summed E-state index contributed by atoms with van der Waals surface area (Å²) < 4.78 is 0. The van der Waals surface area contributed by atoms with Crippen LogP contribution in [-0.4, -0.2) is 22.9 Å². The van der Waals surface area contributed by atoms with Crippen LogP contribution in [-0.2, 0) is 6.54 Å². The molecule has 92 valence electrons. The van der Waals surface area contributed by atoms with Gasteiger partial charge in [-0.2, -0.15) is 0 Å². The molecule has 4 nitrogen and oxygen atoms in total. The van der Waals surface area contributed by atoms with Crippen molar-refractivity contribution in [1.29, 1.82) is 0 Å². The third-order valence-electron chi connectivity index (χ3n) is 2.72. The van der Waals surface area contributed by atoms with Crippen molar-refractivity contribution in [1.82, 2.24) is 4.90 Å². The largest absolute Gasteiger partial charge is 0.295 e. The number of nitrogens with zero attached hydrogens (tertiary/aromatic N) is 2. The van der Waals surface area contributed by atoms with Gasteiger partial charge in [0.15, 0.2) is 0 Å². The average molecular weight is 255 g/mol. The van der Waals surface area contributed by atoms with Crippen LogP contribution in [0.5, 0.6) is 0 Å². The minimum Gasteiger partial charge on any atom is -0.295 e. The first-order chi connectivity index (χ1) is 7.77. The van der Waals surface area contributed by atoms with Crippen LogP contribution >= 0.6 is 12.4 Å². The molecule has 0 spiro atoms. The van der Waals surface area contributed by atoms with E-state index in [9.17, 15) is 10.1 Å². The monoisotopic (exact) mass is 254 g/mol. The Morgan fingerprint density at radius 3 is 2.71 bits per heavy atom. The summed E-state index contributed by atoms with van der Waals surface area (Å²) in [6.45, 7) is 2.51. The van der Waals surface area contributed by atoms with Crippen molar-refractivity contribution in [2.45, 2.75) is 13.0 Å². The molecule has 2 rings (SSSR count). The van der Waals surface area contributed by atoms with E-state index in [1.807, 2.05) is 12.1 Å². The van der Waals surface area contributed by atoms with E-state index in [0.29, 0.717) is 6.54 Å². The van der Waals surface area contributed by atoms with Crippen LogP contribution in [0.4, 0.5) is 5.69 Å². The molecule has 0 radical (unpaired) electrons. The third-order valence-corrected chi connectivity index (χ3v) is 2.72. The van der Waals surface area contributed by atoms with Crippen LogP contribution in [0.2, 0.25) is 0 Å². The molecular weight excluding hydrogens is 240 g/mol. The summed E-state index contributed by atoms with van der Waals surface area (Å²) in [5, 5.41) is 10.8. The zero-order valence-corrected chi connectivity index (χ0v) is 10.2. The van der Waals surface area contributed by atoms with Gasteiger partial charge in [-0.1, -0.05) is 30.4 Å². The van der Waals surface area contributed by atoms with Crippen molar-refractivity contribution in [3.05, 3.63) is 52.1 Å². The van der Waals surface area contributed by atoms with E-state index in [-0.39, 0.29) is 23.0 Å². The lowest BCUT2D eigenvalue weighted by molar-refractivity contribution is -0.385. The third kappa shape index (κ3) is 3.54. The van der Waals surface area contributed by atoms with E-state index in [1.54, 1.807) is 12.1 Å². The molecular formula is C12H15ClN2O2. The van der Waals surface area contributed by atoms with Gasteiger partial charge in [0.25, 0.3) is 5.69 Å². The molecule has 0 aliphatic carbocycles. The molecule has 1 aliphatic rings. The Balaban J connectivity index is 0.00000144. The zero-order valence-electron chi connectivity index (χ0n) is 9.41. The molecule has 0 saturated carbocycles. The topological polar surface area (TPSA) is 46.4 Å². The predicted molar refractivity (Wildman–Crippen MR) is 69.4 cm³/mol. The summed E-state index contributed by atoms with van der Waals surface area (Å²) in [6.07, 6.45) is 5.29. The molecule has 0 amide bonds. The Morgan fingerprint density at radius 1 is 1.29 bits per heavy atom. The van der Waals surface area contributed by atoms with Gasteiger partial charge in [0.1, 0.15) is 0 Å². The average Bonchev–Trinajstić information content (AvgIpc) is 2.31. The summed E-state index contributed by atoms with van der Waals surface area (Å²) in [4.78, 5) is 12.7. The first kappa shape index (κ1) is 13.7. The lowest BCUT2D eigenvalue weighted by Gasteiger charge is -2.22. The number of halogens is 1. The van der Waals surface area contributed by atoms with Gasteiger partial charge in [0.2, 0.25) is 0 Å². The quantitative estimate of drug-likeness (QED) is 0.473. The van der Waals surface area contributed by atoms with E-state index < -0.39 is 0 Å². The molecule has 1 heterocycles. The normalized spacial score (nSPS) is 15.3. The Morgan fingerprint density at radius 2 is 2.06 bits per heavy atom. The highest BCUT2D eigenvalue weighted by Gasteiger charge is 2.15. The van der Waals surface area contributed by atoms with Gasteiger partial charge in [-0.15, -0.1) is 12.4 Å². The molecule has 0 N–H and O–H groups in total. The number of nitro benzene ring substituents is 1. The SMILES string of the molecule is Cl.O=[N+]([O-])c1ccccc1CN1CC=CCC1. The molecule has 0 fully saturated rings. The molecule has 0 bridgehead atoms. The number of rotatable bonds is 3. The predicted octanol–water partition coefficient (Wildman–Crippen LogP) is 2.78. The van der Waals surface area contributed by atoms with Gasteiger partial charge in [0.05, 0.1) is 4.92 Å². The molecule has 0 aromatic heterocycles. The lowest BCUT2D eigenvalue weighted by atomic mass is 10.1. The number of benzene rings is 1. The van der Waals surface area contributed by atoms with Crippen LogP contribution in [0.3, 0.4) is 0 Å². The standard InChI is InChI=1S/C12H14N2O2.ClH/c15-14(16)12-7-3-2-6-11(12)10-13-8-4-1-5-9-13;/h1-4,6-7H,5,8-10H2;1H. The Bertz CT molecular complexity index is 421. The first-order valence-corrected chi connectivity index (χ1v) is 5.37. The van der Waals surface area contributed by atoms with E-state index in [2.05, 4.69) is 17.1 Å². The number of nitro groups is 1. The van der Waals surface area contributed by atoms with E-state index >= 15 is 0 Å². The highest BCUT2D eigenvalue weighted by molar-refractivity contribution is 5.85. The fourth-order valence-electron chi connectivity index (χ4n) is 1.90. The second-order valence-corrected chi connectivity index (χ2v) is 3.88. The smallest absolute Gasteiger partial charge is 0.273 e. The van der Waals surface area contributed by atoms with Gasteiger partial charge < -0.3 is 0 Å². The van der Waals surface area contributed by atoms with Gasteiger partial charge >= 0.3 is 0 Å². The van der Waals surface area contributed by atoms with Crippen molar-refractivity contribution in [3.8, 4) is 0 Å². The number of hydrogen-bond acceptors (Lipinski definition) is 3. The number of hydrogen-bond donors (Lipinski definition) is 0. The van der Waals surface area contributed by atoms with Crippen molar-refractivity contribution in [3.63, 3.8) is 0 Å². The van der Waals surface area contributed by atoms with Crippen LogP contribution in [0.15, 0.2) is 36.4 Å². The fraction of sp³-hybridized carbons (Fsp3) is 0.333. The summed E-state index contributed by atoms with van der Waals surface area (Å²) in [7, 11) is 0. The van der Waals surface area contributed by atoms with Crippen LogP contribution in [0.1, 0.15) is 12.0 Å². The van der Waals surface area contributed by atoms with Crippen LogP contribution in [0.25, 0.3) is 0 Å². The summed E-state index contributed by atoms with van der Waals surface area (Å²) in [5.41, 5.74) is 1.01. The van der Waals surface area contributed by atoms with Crippen LogP contribution in [0, 0.1) is 10.1 Å². The Hall–Kier alpha value is -1.39. The maximum absolute atomic E-state index is 10.8.